The zero-order valence-corrected chi connectivity index (χ0v) is 15.0. The first-order valence-electron chi connectivity index (χ1n) is 9.22. The third-order valence-electron chi connectivity index (χ3n) is 4.55. The zero-order chi connectivity index (χ0) is 16.8. The number of nitrogens with zero attached hydrogens (tertiary/aromatic N) is 2. The van der Waals surface area contributed by atoms with Gasteiger partial charge < -0.3 is 25.8 Å². The van der Waals surface area contributed by atoms with Crippen molar-refractivity contribution in [1.82, 2.24) is 9.80 Å². The first kappa shape index (κ1) is 20.8. The highest BCUT2D eigenvalue weighted by molar-refractivity contribution is 4.70. The molecule has 1 heterocycles. The van der Waals surface area contributed by atoms with Gasteiger partial charge >= 0.3 is 0 Å². The molecule has 1 rings (SSSR count). The number of hydrogen-bond donors (Lipinski definition) is 2. The van der Waals surface area contributed by atoms with Crippen LogP contribution in [0.4, 0.5) is 0 Å². The first-order chi connectivity index (χ1) is 11.3. The minimum absolute atomic E-state index is 0.593. The molecule has 0 radical (unpaired) electrons. The lowest BCUT2D eigenvalue weighted by Crippen LogP contribution is -2.34. The normalized spacial score (nSPS) is 17.2. The molecule has 0 spiro atoms. The van der Waals surface area contributed by atoms with Crippen LogP contribution in [0.3, 0.4) is 0 Å². The Morgan fingerprint density at radius 2 is 1.48 bits per heavy atom. The van der Waals surface area contributed by atoms with Crippen LogP contribution in [0.2, 0.25) is 0 Å². The fraction of sp³-hybridized carbons (Fsp3) is 1.00. The first-order valence-corrected chi connectivity index (χ1v) is 9.22. The Balaban J connectivity index is 2.15. The largest absolute Gasteiger partial charge is 0.379 e. The molecule has 6 nitrogen and oxygen atoms in total. The van der Waals surface area contributed by atoms with Gasteiger partial charge in [-0.2, -0.15) is 0 Å². The molecule has 23 heavy (non-hydrogen) atoms. The van der Waals surface area contributed by atoms with E-state index in [0.717, 1.165) is 38.8 Å². The number of likely N-dealkylation sites (tertiary alicyclic amines) is 1. The van der Waals surface area contributed by atoms with Gasteiger partial charge in [0.1, 0.15) is 0 Å². The average molecular weight is 331 g/mol. The van der Waals surface area contributed by atoms with Crippen molar-refractivity contribution in [3.05, 3.63) is 0 Å². The van der Waals surface area contributed by atoms with E-state index in [-0.39, 0.29) is 0 Å². The number of ether oxygens (including phenoxy) is 2. The molecule has 0 atom stereocenters. The van der Waals surface area contributed by atoms with E-state index in [0.29, 0.717) is 26.3 Å². The second-order valence-corrected chi connectivity index (χ2v) is 6.53. The van der Waals surface area contributed by atoms with E-state index >= 15 is 0 Å². The number of piperidine rings is 1. The summed E-state index contributed by atoms with van der Waals surface area (Å²) in [7, 11) is 2.22. The molecule has 1 aliphatic heterocycles. The minimum atomic E-state index is 0.593. The molecule has 0 aromatic carbocycles. The van der Waals surface area contributed by atoms with E-state index in [1.807, 2.05) is 0 Å². The van der Waals surface area contributed by atoms with E-state index in [1.54, 1.807) is 0 Å². The number of rotatable bonds is 14. The lowest BCUT2D eigenvalue weighted by molar-refractivity contribution is 0.0773. The maximum atomic E-state index is 5.52. The van der Waals surface area contributed by atoms with Crippen molar-refractivity contribution in [2.45, 2.75) is 25.7 Å². The van der Waals surface area contributed by atoms with Crippen molar-refractivity contribution in [1.29, 1.82) is 0 Å². The van der Waals surface area contributed by atoms with Gasteiger partial charge in [0.2, 0.25) is 0 Å². The molecule has 0 bridgehead atoms. The van der Waals surface area contributed by atoms with Gasteiger partial charge in [-0.05, 0) is 58.3 Å². The predicted octanol–water partition coefficient (Wildman–Crippen LogP) is 0.361. The third kappa shape index (κ3) is 11.0. The van der Waals surface area contributed by atoms with Crippen LogP contribution in [-0.2, 0) is 9.47 Å². The summed E-state index contributed by atoms with van der Waals surface area (Å²) in [4.78, 5) is 4.88. The Bertz CT molecular complexity index is 249. The predicted molar refractivity (Wildman–Crippen MR) is 95.6 cm³/mol. The van der Waals surface area contributed by atoms with Gasteiger partial charge in [-0.15, -0.1) is 0 Å². The monoisotopic (exact) mass is 330 g/mol. The summed E-state index contributed by atoms with van der Waals surface area (Å²) < 4.78 is 11.0. The smallest absolute Gasteiger partial charge is 0.0594 e. The molecule has 0 unspecified atom stereocenters. The molecular formula is C17H38N4O2. The van der Waals surface area contributed by atoms with Gasteiger partial charge in [-0.3, -0.25) is 4.90 Å². The average Bonchev–Trinajstić information content (AvgIpc) is 2.56. The molecular weight excluding hydrogens is 292 g/mol. The summed E-state index contributed by atoms with van der Waals surface area (Å²) in [5.74, 6) is 0.912. The molecule has 4 N–H and O–H groups in total. The van der Waals surface area contributed by atoms with Gasteiger partial charge in [0, 0.05) is 26.2 Å². The number of nitrogens with two attached hydrogens (primary N) is 2. The van der Waals surface area contributed by atoms with Crippen LogP contribution in [0.1, 0.15) is 25.7 Å². The van der Waals surface area contributed by atoms with Crippen LogP contribution >= 0.6 is 0 Å². The fourth-order valence-electron chi connectivity index (χ4n) is 3.05. The third-order valence-corrected chi connectivity index (χ3v) is 4.55. The van der Waals surface area contributed by atoms with Gasteiger partial charge in [0.05, 0.1) is 26.4 Å². The quantitative estimate of drug-likeness (QED) is 0.448. The Hall–Kier alpha value is -0.240. The van der Waals surface area contributed by atoms with E-state index in [2.05, 4.69) is 16.8 Å². The second kappa shape index (κ2) is 14.1. The zero-order valence-electron chi connectivity index (χ0n) is 15.0. The molecule has 0 aliphatic carbocycles. The minimum Gasteiger partial charge on any atom is -0.379 e. The van der Waals surface area contributed by atoms with Crippen molar-refractivity contribution in [2.24, 2.45) is 17.4 Å². The van der Waals surface area contributed by atoms with Crippen LogP contribution in [0.25, 0.3) is 0 Å². The highest BCUT2D eigenvalue weighted by Gasteiger charge is 2.16. The van der Waals surface area contributed by atoms with E-state index in [9.17, 15) is 0 Å². The van der Waals surface area contributed by atoms with Gasteiger partial charge in [-0.25, -0.2) is 0 Å². The molecule has 0 amide bonds. The van der Waals surface area contributed by atoms with Crippen LogP contribution in [0, 0.1) is 5.92 Å². The summed E-state index contributed by atoms with van der Waals surface area (Å²) in [5, 5.41) is 0. The summed E-state index contributed by atoms with van der Waals surface area (Å²) in [6.07, 6.45) is 5.32. The molecule has 0 aromatic rings. The Morgan fingerprint density at radius 1 is 0.913 bits per heavy atom. The second-order valence-electron chi connectivity index (χ2n) is 6.53. The van der Waals surface area contributed by atoms with Crippen molar-refractivity contribution >= 4 is 0 Å². The Kier molecular flexibility index (Phi) is 12.8. The number of hydrogen-bond acceptors (Lipinski definition) is 6. The fourth-order valence-corrected chi connectivity index (χ4v) is 3.05. The van der Waals surface area contributed by atoms with E-state index in [4.69, 9.17) is 20.9 Å². The molecule has 0 saturated carbocycles. The highest BCUT2D eigenvalue weighted by atomic mass is 16.5. The lowest BCUT2D eigenvalue weighted by Gasteiger charge is -2.29. The molecule has 6 heteroatoms. The Labute approximate surface area is 142 Å². The summed E-state index contributed by atoms with van der Waals surface area (Å²) in [6, 6.07) is 0. The maximum absolute atomic E-state index is 5.52. The van der Waals surface area contributed by atoms with E-state index < -0.39 is 0 Å². The van der Waals surface area contributed by atoms with Gasteiger partial charge in [-0.1, -0.05) is 0 Å². The Morgan fingerprint density at radius 3 is 2.00 bits per heavy atom. The lowest BCUT2D eigenvalue weighted by atomic mass is 9.92. The summed E-state index contributed by atoms with van der Waals surface area (Å²) in [6.45, 7) is 9.54. The maximum Gasteiger partial charge on any atom is 0.0594 e. The van der Waals surface area contributed by atoms with Crippen molar-refractivity contribution in [2.75, 3.05) is 79.3 Å². The van der Waals surface area contributed by atoms with Crippen LogP contribution in [-0.4, -0.2) is 89.1 Å². The molecule has 138 valence electrons. The van der Waals surface area contributed by atoms with Crippen LogP contribution in [0.15, 0.2) is 0 Å². The van der Waals surface area contributed by atoms with Crippen molar-refractivity contribution < 1.29 is 9.47 Å². The topological polar surface area (TPSA) is 77.0 Å². The van der Waals surface area contributed by atoms with Gasteiger partial charge in [0.25, 0.3) is 0 Å². The molecule has 1 fully saturated rings. The van der Waals surface area contributed by atoms with Crippen LogP contribution < -0.4 is 11.5 Å². The molecule has 0 aromatic heterocycles. The van der Waals surface area contributed by atoms with Crippen molar-refractivity contribution in [3.63, 3.8) is 0 Å². The summed E-state index contributed by atoms with van der Waals surface area (Å²) in [5.41, 5.74) is 10.9. The summed E-state index contributed by atoms with van der Waals surface area (Å²) >= 11 is 0. The molecule has 1 aliphatic rings. The molecule has 1 saturated heterocycles. The van der Waals surface area contributed by atoms with Crippen molar-refractivity contribution in [3.8, 4) is 0 Å². The van der Waals surface area contributed by atoms with Gasteiger partial charge in [0.15, 0.2) is 0 Å². The van der Waals surface area contributed by atoms with E-state index in [1.165, 1.54) is 38.8 Å². The van der Waals surface area contributed by atoms with Crippen LogP contribution in [0.5, 0.6) is 0 Å². The highest BCUT2D eigenvalue weighted by Crippen LogP contribution is 2.20. The SMILES string of the molecule is CN1CCC(CCCN(CCOCCN)CCOCCN)CC1. The standard InChI is InChI=1S/C17H38N4O2/c1-20-9-4-17(5-10-20)3-2-8-21(11-15-22-13-6-18)12-16-23-14-7-19/h17H,2-16,18-19H2,1H3.